The van der Waals surface area contributed by atoms with Crippen LogP contribution in [-0.4, -0.2) is 18.6 Å². The lowest BCUT2D eigenvalue weighted by Gasteiger charge is -2.19. The summed E-state index contributed by atoms with van der Waals surface area (Å²) in [5, 5.41) is 9.83. The number of benzene rings is 2. The van der Waals surface area contributed by atoms with E-state index < -0.39 is 17.5 Å². The highest BCUT2D eigenvalue weighted by Crippen LogP contribution is 2.40. The Kier molecular flexibility index (Phi) is 6.52. The number of halogens is 5. The number of alkyl halides is 3. The summed E-state index contributed by atoms with van der Waals surface area (Å²) in [6.07, 6.45) is 0. The van der Waals surface area contributed by atoms with Crippen LogP contribution in [0.4, 0.5) is 23.7 Å². The Labute approximate surface area is 167 Å². The number of nitrogens with zero attached hydrogens (tertiary/aromatic N) is 2. The molecule has 0 saturated carbocycles. The molecule has 0 radical (unpaired) electrons. The van der Waals surface area contributed by atoms with Gasteiger partial charge >= 0.3 is 11.5 Å². The predicted octanol–water partition coefficient (Wildman–Crippen LogP) is 5.78. The van der Waals surface area contributed by atoms with Crippen LogP contribution in [-0.2, 0) is 0 Å². The van der Waals surface area contributed by atoms with Crippen LogP contribution in [0.3, 0.4) is 0 Å². The van der Waals surface area contributed by atoms with Crippen molar-refractivity contribution in [3.05, 3.63) is 57.6 Å². The Bertz CT molecular complexity index is 875. The smallest absolute Gasteiger partial charge is 0.351 e. The molecule has 0 fully saturated rings. The van der Waals surface area contributed by atoms with E-state index >= 15 is 0 Å². The summed E-state index contributed by atoms with van der Waals surface area (Å²) in [4.78, 5) is 12.4. The van der Waals surface area contributed by atoms with Crippen molar-refractivity contribution in [3.63, 3.8) is 0 Å². The molecule has 0 aliphatic rings. The number of hydrogen-bond acceptors (Lipinski definition) is 3. The molecule has 10 heteroatoms. The third-order valence-corrected chi connectivity index (χ3v) is 5.01. The second-order valence-electron chi connectivity index (χ2n) is 5.40. The van der Waals surface area contributed by atoms with Gasteiger partial charge in [-0.25, -0.2) is 4.79 Å². The first-order valence-electron chi connectivity index (χ1n) is 7.31. The average molecular weight is 434 g/mol. The summed E-state index contributed by atoms with van der Waals surface area (Å²) in [7, 11) is 1.43. The SMILES string of the molecule is CN(C(N)=O)c1cc(Cl)c(C(C#N)c2ccc(SC(F)(F)F)cc2)c(Cl)c1. The summed E-state index contributed by atoms with van der Waals surface area (Å²) < 4.78 is 37.3. The molecule has 27 heavy (non-hydrogen) atoms. The van der Waals surface area contributed by atoms with Gasteiger partial charge in [0.15, 0.2) is 0 Å². The Morgan fingerprint density at radius 1 is 1.22 bits per heavy atom. The van der Waals surface area contributed by atoms with E-state index in [-0.39, 0.29) is 26.7 Å². The van der Waals surface area contributed by atoms with Gasteiger partial charge in [-0.15, -0.1) is 0 Å². The molecule has 0 aromatic heterocycles. The molecular weight excluding hydrogens is 422 g/mol. The number of anilines is 1. The molecule has 0 spiro atoms. The van der Waals surface area contributed by atoms with Gasteiger partial charge in [-0.3, -0.25) is 4.90 Å². The van der Waals surface area contributed by atoms with E-state index in [9.17, 15) is 23.2 Å². The molecule has 0 aliphatic heterocycles. The largest absolute Gasteiger partial charge is 0.446 e. The Morgan fingerprint density at radius 3 is 2.15 bits per heavy atom. The molecule has 1 atom stereocenters. The van der Waals surface area contributed by atoms with Crippen LogP contribution in [0.25, 0.3) is 0 Å². The molecule has 2 aromatic carbocycles. The third-order valence-electron chi connectivity index (χ3n) is 3.65. The van der Waals surface area contributed by atoms with Crippen molar-refractivity contribution in [1.82, 2.24) is 0 Å². The number of urea groups is 1. The van der Waals surface area contributed by atoms with Gasteiger partial charge in [0.25, 0.3) is 0 Å². The van der Waals surface area contributed by atoms with Gasteiger partial charge in [-0.2, -0.15) is 18.4 Å². The molecule has 0 aliphatic carbocycles. The van der Waals surface area contributed by atoms with Gasteiger partial charge in [0.2, 0.25) is 0 Å². The van der Waals surface area contributed by atoms with Crippen LogP contribution in [0, 0.1) is 11.3 Å². The summed E-state index contributed by atoms with van der Waals surface area (Å²) in [6, 6.07) is 9.58. The van der Waals surface area contributed by atoms with E-state index in [1.807, 2.05) is 0 Å². The molecule has 2 N–H and O–H groups in total. The van der Waals surface area contributed by atoms with E-state index in [1.165, 1.54) is 43.4 Å². The van der Waals surface area contributed by atoms with Gasteiger partial charge < -0.3 is 5.73 Å². The minimum atomic E-state index is -4.40. The summed E-state index contributed by atoms with van der Waals surface area (Å²) in [5.74, 6) is -0.900. The Morgan fingerprint density at radius 2 is 1.74 bits per heavy atom. The number of rotatable bonds is 4. The van der Waals surface area contributed by atoms with Crippen LogP contribution >= 0.6 is 35.0 Å². The average Bonchev–Trinajstić information content (AvgIpc) is 2.56. The molecule has 0 heterocycles. The van der Waals surface area contributed by atoms with Crippen molar-refractivity contribution in [3.8, 4) is 6.07 Å². The van der Waals surface area contributed by atoms with Crippen molar-refractivity contribution in [2.45, 2.75) is 16.3 Å². The molecule has 2 amide bonds. The lowest BCUT2D eigenvalue weighted by Crippen LogP contribution is -2.31. The maximum absolute atomic E-state index is 12.4. The van der Waals surface area contributed by atoms with E-state index in [1.54, 1.807) is 0 Å². The van der Waals surface area contributed by atoms with Gasteiger partial charge in [-0.05, 0) is 41.6 Å². The van der Waals surface area contributed by atoms with Crippen LogP contribution in [0.5, 0.6) is 0 Å². The van der Waals surface area contributed by atoms with E-state index in [0.717, 1.165) is 4.90 Å². The zero-order valence-corrected chi connectivity index (χ0v) is 16.0. The van der Waals surface area contributed by atoms with Crippen molar-refractivity contribution < 1.29 is 18.0 Å². The quantitative estimate of drug-likeness (QED) is 0.621. The highest BCUT2D eigenvalue weighted by molar-refractivity contribution is 8.00. The molecular formula is C17H12Cl2F3N3OS. The van der Waals surface area contributed by atoms with E-state index in [0.29, 0.717) is 16.8 Å². The van der Waals surface area contributed by atoms with Crippen LogP contribution in [0.1, 0.15) is 17.0 Å². The van der Waals surface area contributed by atoms with E-state index in [2.05, 4.69) is 6.07 Å². The first-order valence-corrected chi connectivity index (χ1v) is 8.88. The standard InChI is InChI=1S/C17H12Cl2F3N3OS/c1-25(16(24)26)10-6-13(18)15(14(19)7-10)12(8-23)9-2-4-11(5-3-9)27-17(20,21)22/h2-7,12H,1H3,(H2,24,26). The number of nitrogens with two attached hydrogens (primary N) is 1. The number of primary amides is 1. The number of carbonyl (C=O) groups excluding carboxylic acids is 1. The Balaban J connectivity index is 2.40. The normalized spacial score (nSPS) is 12.3. The fraction of sp³-hybridized carbons (Fsp3) is 0.176. The zero-order chi connectivity index (χ0) is 20.4. The molecule has 0 saturated heterocycles. The molecule has 0 bridgehead atoms. The minimum absolute atomic E-state index is 0.00133. The highest BCUT2D eigenvalue weighted by atomic mass is 35.5. The van der Waals surface area contributed by atoms with Crippen molar-refractivity contribution >= 4 is 46.7 Å². The lowest BCUT2D eigenvalue weighted by molar-refractivity contribution is -0.0328. The van der Waals surface area contributed by atoms with Gasteiger partial charge in [0.05, 0.1) is 12.0 Å². The number of amides is 2. The fourth-order valence-corrected chi connectivity index (χ4v) is 3.57. The predicted molar refractivity (Wildman–Crippen MR) is 100 cm³/mol. The second kappa shape index (κ2) is 8.30. The Hall–Kier alpha value is -2.08. The van der Waals surface area contributed by atoms with Crippen LogP contribution in [0.15, 0.2) is 41.3 Å². The van der Waals surface area contributed by atoms with Crippen molar-refractivity contribution in [2.24, 2.45) is 5.73 Å². The van der Waals surface area contributed by atoms with Gasteiger partial charge in [-0.1, -0.05) is 35.3 Å². The topological polar surface area (TPSA) is 70.1 Å². The maximum atomic E-state index is 12.4. The van der Waals surface area contributed by atoms with Crippen LogP contribution < -0.4 is 10.6 Å². The summed E-state index contributed by atoms with van der Waals surface area (Å²) in [5.41, 5.74) is 1.88. The minimum Gasteiger partial charge on any atom is -0.351 e. The van der Waals surface area contributed by atoms with Crippen LogP contribution in [0.2, 0.25) is 10.0 Å². The number of hydrogen-bond donors (Lipinski definition) is 1. The second-order valence-corrected chi connectivity index (χ2v) is 7.35. The van der Waals surface area contributed by atoms with Crippen molar-refractivity contribution in [1.29, 1.82) is 5.26 Å². The first-order chi connectivity index (χ1) is 12.5. The molecule has 142 valence electrons. The lowest BCUT2D eigenvalue weighted by atomic mass is 9.92. The van der Waals surface area contributed by atoms with E-state index in [4.69, 9.17) is 28.9 Å². The highest BCUT2D eigenvalue weighted by Gasteiger charge is 2.29. The third kappa shape index (κ3) is 5.22. The summed E-state index contributed by atoms with van der Waals surface area (Å²) in [6.45, 7) is 0. The van der Waals surface area contributed by atoms with Gasteiger partial charge in [0.1, 0.15) is 0 Å². The molecule has 2 rings (SSSR count). The number of carbonyl (C=O) groups is 1. The number of nitriles is 1. The monoisotopic (exact) mass is 433 g/mol. The van der Waals surface area contributed by atoms with Crippen molar-refractivity contribution in [2.75, 3.05) is 11.9 Å². The first kappa shape index (κ1) is 21.2. The maximum Gasteiger partial charge on any atom is 0.446 e. The van der Waals surface area contributed by atoms with Gasteiger partial charge in [0, 0.05) is 33.2 Å². The molecule has 1 unspecified atom stereocenters. The fourth-order valence-electron chi connectivity index (χ4n) is 2.34. The zero-order valence-electron chi connectivity index (χ0n) is 13.7. The molecule has 2 aromatic rings. The summed E-state index contributed by atoms with van der Waals surface area (Å²) >= 11 is 12.3. The molecule has 4 nitrogen and oxygen atoms in total. The number of thioether (sulfide) groups is 1.